The standard InChI is InChI=1S/C11H20N4O3/c1-3-17-8(18-4-2)6-5-7-9(12)14-11(13)15-10(7)16/h8H,3-6H2,1-2H3,(H5,12,13,14,15,16). The molecule has 7 nitrogen and oxygen atoms in total. The van der Waals surface area contributed by atoms with Crippen molar-refractivity contribution in [2.75, 3.05) is 24.7 Å². The van der Waals surface area contributed by atoms with Crippen molar-refractivity contribution >= 4 is 11.8 Å². The van der Waals surface area contributed by atoms with Gasteiger partial charge in [-0.2, -0.15) is 4.98 Å². The summed E-state index contributed by atoms with van der Waals surface area (Å²) < 4.78 is 10.8. The molecule has 0 aliphatic rings. The quantitative estimate of drug-likeness (QED) is 0.603. The van der Waals surface area contributed by atoms with Crippen LogP contribution >= 0.6 is 0 Å². The molecule has 0 aliphatic carbocycles. The molecule has 0 unspecified atom stereocenters. The lowest BCUT2D eigenvalue weighted by molar-refractivity contribution is -0.139. The van der Waals surface area contributed by atoms with E-state index in [-0.39, 0.29) is 23.6 Å². The van der Waals surface area contributed by atoms with Crippen molar-refractivity contribution in [3.8, 4) is 0 Å². The predicted octanol–water partition coefficient (Wildman–Crippen LogP) is 0.266. The number of nitrogens with one attached hydrogen (secondary N) is 1. The van der Waals surface area contributed by atoms with Crippen molar-refractivity contribution in [2.24, 2.45) is 0 Å². The molecule has 0 saturated heterocycles. The van der Waals surface area contributed by atoms with Gasteiger partial charge in [0, 0.05) is 19.6 Å². The van der Waals surface area contributed by atoms with Crippen LogP contribution in [-0.4, -0.2) is 29.5 Å². The highest BCUT2D eigenvalue weighted by Crippen LogP contribution is 2.10. The van der Waals surface area contributed by atoms with E-state index in [1.807, 2.05) is 13.8 Å². The molecule has 0 spiro atoms. The van der Waals surface area contributed by atoms with E-state index in [2.05, 4.69) is 9.97 Å². The molecule has 7 heteroatoms. The third kappa shape index (κ3) is 4.01. The van der Waals surface area contributed by atoms with Gasteiger partial charge in [0.05, 0.1) is 5.56 Å². The van der Waals surface area contributed by atoms with Crippen LogP contribution < -0.4 is 17.0 Å². The largest absolute Gasteiger partial charge is 0.383 e. The third-order valence-corrected chi connectivity index (χ3v) is 2.40. The van der Waals surface area contributed by atoms with Crippen molar-refractivity contribution in [3.05, 3.63) is 15.9 Å². The molecule has 1 heterocycles. The maximum atomic E-state index is 11.7. The third-order valence-electron chi connectivity index (χ3n) is 2.40. The fourth-order valence-corrected chi connectivity index (χ4v) is 1.62. The van der Waals surface area contributed by atoms with Crippen LogP contribution in [-0.2, 0) is 15.9 Å². The summed E-state index contributed by atoms with van der Waals surface area (Å²) in [6, 6.07) is 0. The van der Waals surface area contributed by atoms with Gasteiger partial charge in [-0.05, 0) is 20.3 Å². The van der Waals surface area contributed by atoms with E-state index < -0.39 is 0 Å². The van der Waals surface area contributed by atoms with Gasteiger partial charge >= 0.3 is 0 Å². The van der Waals surface area contributed by atoms with E-state index in [1.165, 1.54) is 0 Å². The average molecular weight is 256 g/mol. The molecule has 1 rings (SSSR count). The predicted molar refractivity (Wildman–Crippen MR) is 69.0 cm³/mol. The molecule has 0 amide bonds. The fourth-order valence-electron chi connectivity index (χ4n) is 1.62. The van der Waals surface area contributed by atoms with Gasteiger partial charge in [-0.1, -0.05) is 0 Å². The summed E-state index contributed by atoms with van der Waals surface area (Å²) in [7, 11) is 0. The lowest BCUT2D eigenvalue weighted by Crippen LogP contribution is -2.23. The van der Waals surface area contributed by atoms with Crippen molar-refractivity contribution in [1.29, 1.82) is 0 Å². The van der Waals surface area contributed by atoms with E-state index in [4.69, 9.17) is 20.9 Å². The Kier molecular flexibility index (Phi) is 5.60. The Morgan fingerprint density at radius 2 is 1.89 bits per heavy atom. The summed E-state index contributed by atoms with van der Waals surface area (Å²) in [5.41, 5.74) is 11.1. The number of hydrogen-bond donors (Lipinski definition) is 3. The first kappa shape index (κ1) is 14.5. The second-order valence-electron chi connectivity index (χ2n) is 3.69. The van der Waals surface area contributed by atoms with Gasteiger partial charge < -0.3 is 20.9 Å². The zero-order valence-electron chi connectivity index (χ0n) is 10.7. The van der Waals surface area contributed by atoms with E-state index in [1.54, 1.807) is 0 Å². The summed E-state index contributed by atoms with van der Waals surface area (Å²) in [5.74, 6) is 0.176. The van der Waals surface area contributed by atoms with Gasteiger partial charge in [-0.15, -0.1) is 0 Å². The SMILES string of the molecule is CCOC(CCc1c(N)nc(N)[nH]c1=O)OCC. The smallest absolute Gasteiger partial charge is 0.257 e. The molecular formula is C11H20N4O3. The number of nitrogens with two attached hydrogens (primary N) is 2. The molecule has 0 atom stereocenters. The second-order valence-corrected chi connectivity index (χ2v) is 3.69. The first-order valence-electron chi connectivity index (χ1n) is 5.95. The number of ether oxygens (including phenoxy) is 2. The number of hydrogen-bond acceptors (Lipinski definition) is 6. The van der Waals surface area contributed by atoms with Crippen LogP contribution in [0.3, 0.4) is 0 Å². The lowest BCUT2D eigenvalue weighted by atomic mass is 10.1. The fraction of sp³-hybridized carbons (Fsp3) is 0.636. The van der Waals surface area contributed by atoms with Gasteiger partial charge in [0.2, 0.25) is 5.95 Å². The highest BCUT2D eigenvalue weighted by molar-refractivity contribution is 5.41. The topological polar surface area (TPSA) is 116 Å². The molecule has 0 radical (unpaired) electrons. The molecule has 1 aromatic heterocycles. The molecule has 18 heavy (non-hydrogen) atoms. The number of rotatable bonds is 7. The summed E-state index contributed by atoms with van der Waals surface area (Å²) >= 11 is 0. The van der Waals surface area contributed by atoms with E-state index >= 15 is 0 Å². The highest BCUT2D eigenvalue weighted by atomic mass is 16.7. The molecule has 0 saturated carbocycles. The van der Waals surface area contributed by atoms with Gasteiger partial charge in [0.25, 0.3) is 5.56 Å². The normalized spacial score (nSPS) is 11.1. The van der Waals surface area contributed by atoms with Gasteiger partial charge in [0.1, 0.15) is 5.82 Å². The van der Waals surface area contributed by atoms with Gasteiger partial charge in [-0.3, -0.25) is 9.78 Å². The minimum Gasteiger partial charge on any atom is -0.383 e. The summed E-state index contributed by atoms with van der Waals surface area (Å²) in [6.45, 7) is 4.88. The first-order chi connectivity index (χ1) is 8.58. The van der Waals surface area contributed by atoms with Crippen molar-refractivity contribution < 1.29 is 9.47 Å². The summed E-state index contributed by atoms with van der Waals surface area (Å²) in [5, 5.41) is 0. The van der Waals surface area contributed by atoms with Crippen molar-refractivity contribution in [1.82, 2.24) is 9.97 Å². The Balaban J connectivity index is 2.70. The molecule has 0 bridgehead atoms. The van der Waals surface area contributed by atoms with Crippen LogP contribution in [0.25, 0.3) is 0 Å². The number of anilines is 2. The second kappa shape index (κ2) is 6.97. The molecular weight excluding hydrogens is 236 g/mol. The maximum Gasteiger partial charge on any atom is 0.257 e. The Morgan fingerprint density at radius 1 is 1.28 bits per heavy atom. The Labute approximate surface area is 105 Å². The molecule has 1 aromatic rings. The summed E-state index contributed by atoms with van der Waals surface area (Å²) in [4.78, 5) is 17.9. The van der Waals surface area contributed by atoms with Crippen LogP contribution in [0.1, 0.15) is 25.8 Å². The van der Waals surface area contributed by atoms with Gasteiger partial charge in [0.15, 0.2) is 6.29 Å². The van der Waals surface area contributed by atoms with Crippen LogP contribution in [0.5, 0.6) is 0 Å². The minimum atomic E-state index is -0.337. The van der Waals surface area contributed by atoms with Crippen LogP contribution in [0, 0.1) is 0 Å². The zero-order valence-corrected chi connectivity index (χ0v) is 10.7. The summed E-state index contributed by atoms with van der Waals surface area (Å²) in [6.07, 6.45) is 0.635. The van der Waals surface area contributed by atoms with E-state index in [0.717, 1.165) is 0 Å². The molecule has 0 aliphatic heterocycles. The lowest BCUT2D eigenvalue weighted by Gasteiger charge is -2.16. The molecule has 102 valence electrons. The van der Waals surface area contributed by atoms with Crippen LogP contribution in [0.4, 0.5) is 11.8 Å². The molecule has 5 N–H and O–H groups in total. The number of aromatic amines is 1. The Bertz CT molecular complexity index is 427. The number of nitrogen functional groups attached to an aromatic ring is 2. The van der Waals surface area contributed by atoms with Crippen molar-refractivity contribution in [2.45, 2.75) is 33.0 Å². The molecule has 0 aromatic carbocycles. The zero-order chi connectivity index (χ0) is 13.5. The maximum absolute atomic E-state index is 11.7. The molecule has 0 fully saturated rings. The van der Waals surface area contributed by atoms with Crippen LogP contribution in [0.2, 0.25) is 0 Å². The minimum absolute atomic E-state index is 0.0208. The highest BCUT2D eigenvalue weighted by Gasteiger charge is 2.13. The monoisotopic (exact) mass is 256 g/mol. The van der Waals surface area contributed by atoms with Gasteiger partial charge in [-0.25, -0.2) is 0 Å². The number of aromatic nitrogens is 2. The Hall–Kier alpha value is -1.60. The van der Waals surface area contributed by atoms with E-state index in [0.29, 0.717) is 31.6 Å². The number of nitrogens with zero attached hydrogens (tertiary/aromatic N) is 1. The van der Waals surface area contributed by atoms with E-state index in [9.17, 15) is 4.79 Å². The Morgan fingerprint density at radius 3 is 2.39 bits per heavy atom. The average Bonchev–Trinajstić information content (AvgIpc) is 2.28. The number of H-pyrrole nitrogens is 1. The first-order valence-corrected chi connectivity index (χ1v) is 5.95. The van der Waals surface area contributed by atoms with Crippen molar-refractivity contribution in [3.63, 3.8) is 0 Å². The van der Waals surface area contributed by atoms with Crippen LogP contribution in [0.15, 0.2) is 4.79 Å².